The maximum atomic E-state index is 10.1. The Morgan fingerprint density at radius 3 is 1.50 bits per heavy atom. The maximum Gasteiger partial charge on any atom is 2.00 e. The first-order valence-corrected chi connectivity index (χ1v) is 3.64. The monoisotopic (exact) mass is 356 g/mol. The van der Waals surface area contributed by atoms with Crippen LogP contribution in [0.4, 0.5) is 0 Å². The second kappa shape index (κ2) is 4.50. The summed E-state index contributed by atoms with van der Waals surface area (Å²) in [6.45, 7) is 1.01. The van der Waals surface area contributed by atoms with E-state index in [1.165, 1.54) is 0 Å². The Kier molecular flexibility index (Phi) is 6.42. The molecule has 0 rings (SSSR count). The standard InChI is InChI=1S/C3H3O3P.U/c1-7(6,2-4)3-5;/h1H3;/q-2;+2. The van der Waals surface area contributed by atoms with Gasteiger partial charge in [0, 0.05) is 0 Å². The molecule has 0 fully saturated rings. The van der Waals surface area contributed by atoms with Crippen LogP contribution >= 0.6 is 7.14 Å². The molecule has 0 atom stereocenters. The molecule has 0 aliphatic heterocycles. The van der Waals surface area contributed by atoms with Gasteiger partial charge in [-0.05, 0) is 0 Å². The molecule has 0 unspecified atom stereocenters. The SMILES string of the molecule is CP(=O)([C-]=O)[C-]=O.[U+2]. The molecule has 0 saturated heterocycles. The summed E-state index contributed by atoms with van der Waals surface area (Å²) in [7, 11) is -3.27. The van der Waals surface area contributed by atoms with Crippen molar-refractivity contribution in [3.05, 3.63) is 0 Å². The fourth-order valence-corrected chi connectivity index (χ4v) is 0.0559. The van der Waals surface area contributed by atoms with Crippen molar-refractivity contribution >= 4 is 19.2 Å². The number of hydrogen-bond acceptors (Lipinski definition) is 3. The van der Waals surface area contributed by atoms with Crippen LogP contribution in [0.1, 0.15) is 0 Å². The summed E-state index contributed by atoms with van der Waals surface area (Å²) >= 11 is 0. The molecule has 0 bridgehead atoms. The first kappa shape index (κ1) is 11.4. The summed E-state index contributed by atoms with van der Waals surface area (Å²) in [4.78, 5) is 18.8. The van der Waals surface area contributed by atoms with Gasteiger partial charge in [0.05, 0.1) is 0 Å². The average molecular weight is 356 g/mol. The molecule has 0 amide bonds. The van der Waals surface area contributed by atoms with E-state index >= 15 is 0 Å². The van der Waals surface area contributed by atoms with E-state index in [2.05, 4.69) is 0 Å². The quantitative estimate of drug-likeness (QED) is 0.522. The molecule has 3 nitrogen and oxygen atoms in total. The zero-order valence-corrected chi connectivity index (χ0v) is 9.23. The van der Waals surface area contributed by atoms with E-state index < -0.39 is 7.14 Å². The van der Waals surface area contributed by atoms with Crippen LogP contribution in [0.5, 0.6) is 0 Å². The Balaban J connectivity index is 0. The van der Waals surface area contributed by atoms with Gasteiger partial charge in [-0.1, -0.05) is 6.66 Å². The molecule has 0 aromatic rings. The normalized spacial score (nSPS) is 9.12. The van der Waals surface area contributed by atoms with Crippen LogP contribution in [-0.2, 0) is 14.2 Å². The summed E-state index contributed by atoms with van der Waals surface area (Å²) in [6, 6.07) is 2.15. The van der Waals surface area contributed by atoms with Crippen molar-refractivity contribution in [2.45, 2.75) is 0 Å². The maximum absolute atomic E-state index is 10.1. The number of carbonyl (C=O) groups excluding carboxylic acids is 2. The molecule has 42 valence electrons. The molecule has 5 heteroatoms. The summed E-state index contributed by atoms with van der Waals surface area (Å²) in [5.74, 6) is 0. The number of rotatable bonds is 2. The van der Waals surface area contributed by atoms with Gasteiger partial charge < -0.3 is 14.2 Å². The molecule has 0 aromatic carbocycles. The van der Waals surface area contributed by atoms with E-state index in [1.807, 2.05) is 0 Å². The predicted octanol–water partition coefficient (Wildman–Crippen LogP) is 0.114. The fraction of sp³-hybridized carbons (Fsp3) is 0.333. The van der Waals surface area contributed by atoms with E-state index in [4.69, 9.17) is 0 Å². The fourth-order valence-electron chi connectivity index (χ4n) is 0.0186. The van der Waals surface area contributed by atoms with E-state index in [9.17, 15) is 14.2 Å². The minimum Gasteiger partial charge on any atom is -0.536 e. The van der Waals surface area contributed by atoms with Crippen molar-refractivity contribution in [2.75, 3.05) is 6.66 Å². The zero-order chi connectivity index (χ0) is 5.91. The van der Waals surface area contributed by atoms with E-state index in [1.54, 1.807) is 0 Å². The van der Waals surface area contributed by atoms with E-state index in [0.29, 0.717) is 0 Å². The van der Waals surface area contributed by atoms with Crippen molar-refractivity contribution in [2.24, 2.45) is 0 Å². The summed E-state index contributed by atoms with van der Waals surface area (Å²) in [6.07, 6.45) is 0. The Hall–Kier alpha value is 0.622. The molecule has 0 spiro atoms. The minimum atomic E-state index is -3.27. The Labute approximate surface area is 71.0 Å². The van der Waals surface area contributed by atoms with Crippen LogP contribution in [0.3, 0.4) is 0 Å². The predicted molar refractivity (Wildman–Crippen MR) is 24.9 cm³/mol. The van der Waals surface area contributed by atoms with Crippen LogP contribution in [-0.4, -0.2) is 18.7 Å². The Bertz CT molecular complexity index is 120. The van der Waals surface area contributed by atoms with E-state index in [-0.39, 0.29) is 31.1 Å². The first-order valence-electron chi connectivity index (χ1n) is 1.49. The van der Waals surface area contributed by atoms with Crippen LogP contribution in [0, 0.1) is 31.1 Å². The topological polar surface area (TPSA) is 51.2 Å². The smallest absolute Gasteiger partial charge is 0.536 e. The van der Waals surface area contributed by atoms with Gasteiger partial charge in [-0.2, -0.15) is 0 Å². The van der Waals surface area contributed by atoms with Crippen molar-refractivity contribution in [3.63, 3.8) is 0 Å². The second-order valence-corrected chi connectivity index (χ2v) is 3.32. The molecule has 0 N–H and O–H groups in total. The third-order valence-electron chi connectivity index (χ3n) is 0.348. The van der Waals surface area contributed by atoms with Crippen LogP contribution in [0.15, 0.2) is 0 Å². The average Bonchev–Trinajstić information content (AvgIpc) is 1.68. The van der Waals surface area contributed by atoms with E-state index in [0.717, 1.165) is 18.7 Å². The van der Waals surface area contributed by atoms with Gasteiger partial charge >= 0.3 is 31.1 Å². The van der Waals surface area contributed by atoms with Gasteiger partial charge in [-0.3, -0.25) is 0 Å². The van der Waals surface area contributed by atoms with Gasteiger partial charge in [0.2, 0.25) is 0 Å². The molecule has 0 saturated carbocycles. The minimum absolute atomic E-state index is 0. The van der Waals surface area contributed by atoms with Crippen molar-refractivity contribution in [1.82, 2.24) is 0 Å². The summed E-state index contributed by atoms with van der Waals surface area (Å²) < 4.78 is 10.1. The van der Waals surface area contributed by atoms with Gasteiger partial charge in [-0.25, -0.2) is 12.1 Å². The molecule has 0 aliphatic rings. The zero-order valence-electron chi connectivity index (χ0n) is 4.17. The van der Waals surface area contributed by atoms with Gasteiger partial charge in [0.25, 0.3) is 0 Å². The largest absolute Gasteiger partial charge is 2.00 e. The molecule has 8 heavy (non-hydrogen) atoms. The molecule has 0 aromatic heterocycles. The second-order valence-electron chi connectivity index (χ2n) is 1.11. The van der Waals surface area contributed by atoms with Crippen molar-refractivity contribution in [1.29, 1.82) is 0 Å². The summed E-state index contributed by atoms with van der Waals surface area (Å²) in [5, 5.41) is 0. The van der Waals surface area contributed by atoms with Crippen LogP contribution < -0.4 is 0 Å². The first-order chi connectivity index (χ1) is 3.12. The third-order valence-corrected chi connectivity index (χ3v) is 1.05. The third kappa shape index (κ3) is 4.77. The Morgan fingerprint density at radius 1 is 1.25 bits per heavy atom. The molecular weight excluding hydrogens is 353 g/mol. The Morgan fingerprint density at radius 2 is 1.50 bits per heavy atom. The van der Waals surface area contributed by atoms with Gasteiger partial charge in [0.1, 0.15) is 0 Å². The molecule has 0 heterocycles. The van der Waals surface area contributed by atoms with Crippen molar-refractivity contribution < 1.29 is 45.3 Å². The van der Waals surface area contributed by atoms with Crippen molar-refractivity contribution in [3.8, 4) is 0 Å². The van der Waals surface area contributed by atoms with Gasteiger partial charge in [-0.15, -0.1) is 7.14 Å². The molecular formula is C3H3O3PU. The number of hydrogen-bond donors (Lipinski definition) is 0. The summed E-state index contributed by atoms with van der Waals surface area (Å²) in [5.41, 5.74) is 0. The molecule has 0 aliphatic carbocycles. The van der Waals surface area contributed by atoms with Crippen LogP contribution in [0.2, 0.25) is 0 Å². The van der Waals surface area contributed by atoms with Crippen LogP contribution in [0.25, 0.3) is 0 Å². The molecule has 0 radical (unpaired) electrons. The van der Waals surface area contributed by atoms with Gasteiger partial charge in [0.15, 0.2) is 0 Å².